The van der Waals surface area contributed by atoms with Crippen LogP contribution < -0.4 is 5.32 Å². The molecule has 0 radical (unpaired) electrons. The van der Waals surface area contributed by atoms with Gasteiger partial charge in [0.15, 0.2) is 0 Å². The van der Waals surface area contributed by atoms with E-state index < -0.39 is 42.8 Å². The molecule has 0 bridgehead atoms. The number of carbonyl (C=O) groups is 2. The number of ether oxygens (including phenoxy) is 1. The summed E-state index contributed by atoms with van der Waals surface area (Å²) in [5.41, 5.74) is 4.31. The molecule has 2 atom stereocenters. The second-order valence-electron chi connectivity index (χ2n) is 8.03. The predicted molar refractivity (Wildman–Crippen MR) is 107 cm³/mol. The number of alkyl halides is 2. The van der Waals surface area contributed by atoms with Crippen LogP contribution in [0.5, 0.6) is 0 Å². The molecule has 0 aliphatic heterocycles. The molecule has 30 heavy (non-hydrogen) atoms. The van der Waals surface area contributed by atoms with Gasteiger partial charge in [0, 0.05) is 24.8 Å². The van der Waals surface area contributed by atoms with E-state index in [-0.39, 0.29) is 25.4 Å². The van der Waals surface area contributed by atoms with Crippen molar-refractivity contribution in [1.82, 2.24) is 5.32 Å². The third-order valence-electron chi connectivity index (χ3n) is 6.05. The van der Waals surface area contributed by atoms with E-state index in [0.717, 1.165) is 22.3 Å². The minimum Gasteiger partial charge on any atom is -0.481 e. The maximum absolute atomic E-state index is 13.6. The summed E-state index contributed by atoms with van der Waals surface area (Å²) in [6, 6.07) is 14.9. The molecule has 0 heterocycles. The van der Waals surface area contributed by atoms with Gasteiger partial charge in [-0.15, -0.1) is 0 Å². The number of carbonyl (C=O) groups excluding carboxylic acids is 1. The number of hydrogen-bond donors (Lipinski definition) is 2. The lowest BCUT2D eigenvalue weighted by Crippen LogP contribution is -2.42. The fourth-order valence-electron chi connectivity index (χ4n) is 4.64. The van der Waals surface area contributed by atoms with Gasteiger partial charge in [-0.2, -0.15) is 0 Å². The number of carboxylic acid groups (broad SMARTS) is 1. The van der Waals surface area contributed by atoms with Gasteiger partial charge in [0.1, 0.15) is 6.61 Å². The van der Waals surface area contributed by atoms with Gasteiger partial charge >= 0.3 is 12.1 Å². The van der Waals surface area contributed by atoms with Gasteiger partial charge in [-0.05, 0) is 34.6 Å². The first-order chi connectivity index (χ1) is 14.3. The van der Waals surface area contributed by atoms with E-state index in [2.05, 4.69) is 5.32 Å². The fraction of sp³-hybridized carbons (Fsp3) is 0.391. The number of nitrogens with one attached hydrogen (secondary N) is 1. The van der Waals surface area contributed by atoms with Crippen LogP contribution in [-0.2, 0) is 9.53 Å². The van der Waals surface area contributed by atoms with Crippen molar-refractivity contribution >= 4 is 12.1 Å². The lowest BCUT2D eigenvalue weighted by molar-refractivity contribution is -0.137. The van der Waals surface area contributed by atoms with Crippen molar-refractivity contribution in [3.8, 4) is 11.1 Å². The number of alkyl carbamates (subject to hydrolysis) is 1. The molecule has 2 aliphatic carbocycles. The van der Waals surface area contributed by atoms with E-state index in [0.29, 0.717) is 0 Å². The molecule has 0 saturated heterocycles. The van der Waals surface area contributed by atoms with Gasteiger partial charge in [0.25, 0.3) is 0 Å². The van der Waals surface area contributed by atoms with Gasteiger partial charge in [-0.3, -0.25) is 4.79 Å². The van der Waals surface area contributed by atoms with E-state index in [1.54, 1.807) is 0 Å². The molecule has 2 aliphatic rings. The van der Waals surface area contributed by atoms with Crippen molar-refractivity contribution in [2.24, 2.45) is 5.92 Å². The van der Waals surface area contributed by atoms with Gasteiger partial charge in [-0.1, -0.05) is 48.5 Å². The summed E-state index contributed by atoms with van der Waals surface area (Å²) >= 11 is 0. The van der Waals surface area contributed by atoms with E-state index >= 15 is 0 Å². The summed E-state index contributed by atoms with van der Waals surface area (Å²) in [5, 5.41) is 11.7. The summed E-state index contributed by atoms with van der Waals surface area (Å²) < 4.78 is 32.6. The molecule has 7 heteroatoms. The number of hydrogen-bond acceptors (Lipinski definition) is 3. The lowest BCUT2D eigenvalue weighted by Gasteiger charge is -2.23. The van der Waals surface area contributed by atoms with Crippen LogP contribution in [0.3, 0.4) is 0 Å². The molecule has 1 saturated carbocycles. The molecule has 1 fully saturated rings. The molecule has 2 aromatic carbocycles. The zero-order valence-corrected chi connectivity index (χ0v) is 16.3. The normalized spacial score (nSPS) is 20.3. The number of rotatable bonds is 6. The maximum Gasteiger partial charge on any atom is 0.407 e. The minimum absolute atomic E-state index is 0.0838. The number of aliphatic carboxylic acids is 1. The SMILES string of the molecule is O=C(O)CC(NC(=O)OCC1c2ccccc2-c2ccccc21)C1CCC(F)(F)C1. The Morgan fingerprint density at radius 1 is 1.10 bits per heavy atom. The van der Waals surface area contributed by atoms with E-state index in [1.807, 2.05) is 48.5 Å². The smallest absolute Gasteiger partial charge is 0.407 e. The maximum atomic E-state index is 13.6. The predicted octanol–water partition coefficient (Wildman–Crippen LogP) is 4.80. The monoisotopic (exact) mass is 415 g/mol. The first-order valence-corrected chi connectivity index (χ1v) is 10.1. The second kappa shape index (κ2) is 8.05. The first-order valence-electron chi connectivity index (χ1n) is 10.1. The van der Waals surface area contributed by atoms with Crippen molar-refractivity contribution in [3.05, 3.63) is 59.7 Å². The van der Waals surface area contributed by atoms with Crippen LogP contribution in [-0.4, -0.2) is 35.7 Å². The third kappa shape index (κ3) is 4.15. The average molecular weight is 415 g/mol. The molecule has 5 nitrogen and oxygen atoms in total. The van der Waals surface area contributed by atoms with Gasteiger partial charge < -0.3 is 15.2 Å². The molecule has 0 spiro atoms. The molecule has 2 unspecified atom stereocenters. The molecular weight excluding hydrogens is 392 g/mol. The van der Waals surface area contributed by atoms with Crippen LogP contribution in [0.25, 0.3) is 11.1 Å². The molecule has 2 N–H and O–H groups in total. The van der Waals surface area contributed by atoms with Crippen molar-refractivity contribution in [2.75, 3.05) is 6.61 Å². The molecular formula is C23H23F2NO4. The van der Waals surface area contributed by atoms with Crippen LogP contribution >= 0.6 is 0 Å². The Kier molecular flexibility index (Phi) is 5.45. The van der Waals surface area contributed by atoms with Crippen molar-refractivity contribution < 1.29 is 28.2 Å². The summed E-state index contributed by atoms with van der Waals surface area (Å²) in [6.07, 6.45) is -1.73. The van der Waals surface area contributed by atoms with Gasteiger partial charge in [0.05, 0.1) is 6.42 Å². The molecule has 2 aromatic rings. The lowest BCUT2D eigenvalue weighted by atomic mass is 9.95. The topological polar surface area (TPSA) is 75.6 Å². The van der Waals surface area contributed by atoms with Crippen LogP contribution in [0.2, 0.25) is 0 Å². The Morgan fingerprint density at radius 3 is 2.23 bits per heavy atom. The number of carboxylic acids is 1. The van der Waals surface area contributed by atoms with Crippen molar-refractivity contribution in [2.45, 2.75) is 43.6 Å². The highest BCUT2D eigenvalue weighted by molar-refractivity contribution is 5.79. The van der Waals surface area contributed by atoms with E-state index in [1.165, 1.54) is 0 Å². The van der Waals surface area contributed by atoms with Gasteiger partial charge in [0.2, 0.25) is 5.92 Å². The Hall–Kier alpha value is -2.96. The highest BCUT2D eigenvalue weighted by Crippen LogP contribution is 2.44. The Morgan fingerprint density at radius 2 is 1.70 bits per heavy atom. The van der Waals surface area contributed by atoms with Gasteiger partial charge in [-0.25, -0.2) is 13.6 Å². The van der Waals surface area contributed by atoms with Crippen LogP contribution in [0.1, 0.15) is 42.7 Å². The molecule has 158 valence electrons. The average Bonchev–Trinajstić information content (AvgIpc) is 3.23. The second-order valence-corrected chi connectivity index (χ2v) is 8.03. The summed E-state index contributed by atoms with van der Waals surface area (Å²) in [5.74, 6) is -4.67. The highest BCUT2D eigenvalue weighted by Gasteiger charge is 2.43. The third-order valence-corrected chi connectivity index (χ3v) is 6.05. The zero-order chi connectivity index (χ0) is 21.3. The quantitative estimate of drug-likeness (QED) is 0.710. The Balaban J connectivity index is 1.43. The van der Waals surface area contributed by atoms with Crippen LogP contribution in [0, 0.1) is 5.92 Å². The molecule has 4 rings (SSSR count). The summed E-state index contributed by atoms with van der Waals surface area (Å²) in [6.45, 7) is 0.0838. The minimum atomic E-state index is -2.82. The number of benzene rings is 2. The summed E-state index contributed by atoms with van der Waals surface area (Å²) in [7, 11) is 0. The van der Waals surface area contributed by atoms with Crippen molar-refractivity contribution in [1.29, 1.82) is 0 Å². The first kappa shape index (κ1) is 20.3. The molecule has 0 aromatic heterocycles. The van der Waals surface area contributed by atoms with Crippen LogP contribution in [0.15, 0.2) is 48.5 Å². The van der Waals surface area contributed by atoms with E-state index in [4.69, 9.17) is 9.84 Å². The molecule has 1 amide bonds. The fourth-order valence-corrected chi connectivity index (χ4v) is 4.64. The highest BCUT2D eigenvalue weighted by atomic mass is 19.3. The Labute approximate surface area is 173 Å². The zero-order valence-electron chi connectivity index (χ0n) is 16.3. The number of fused-ring (bicyclic) bond motifs is 3. The van der Waals surface area contributed by atoms with Crippen molar-refractivity contribution in [3.63, 3.8) is 0 Å². The Bertz CT molecular complexity index is 916. The summed E-state index contributed by atoms with van der Waals surface area (Å²) in [4.78, 5) is 23.6. The largest absolute Gasteiger partial charge is 0.481 e. The number of halogens is 2. The van der Waals surface area contributed by atoms with Crippen LogP contribution in [0.4, 0.5) is 13.6 Å². The number of amides is 1. The van der Waals surface area contributed by atoms with E-state index in [9.17, 15) is 18.4 Å². The standard InChI is InChI=1S/C23H23F2NO4/c24-23(25)10-9-14(12-23)20(11-21(27)28)26-22(29)30-13-19-17-7-3-1-5-15(17)16-6-2-4-8-18(16)19/h1-8,14,19-20H,9-13H2,(H,26,29)(H,27,28).